The second kappa shape index (κ2) is 4.49. The van der Waals surface area contributed by atoms with Crippen LogP contribution in [0.3, 0.4) is 0 Å². The first-order chi connectivity index (χ1) is 7.72. The number of carbonyl (C=O) groups excluding carboxylic acids is 1. The van der Waals surface area contributed by atoms with Crippen LogP contribution in [0, 0.1) is 0 Å². The van der Waals surface area contributed by atoms with Crippen LogP contribution in [0.4, 0.5) is 0 Å². The molecule has 0 unspecified atom stereocenters. The van der Waals surface area contributed by atoms with E-state index in [4.69, 9.17) is 11.6 Å². The van der Waals surface area contributed by atoms with Gasteiger partial charge in [0.2, 0.25) is 0 Å². The summed E-state index contributed by atoms with van der Waals surface area (Å²) in [5, 5.41) is 4.74. The third kappa shape index (κ3) is 1.99. The normalized spacial score (nSPS) is 10.4. The van der Waals surface area contributed by atoms with Crippen molar-refractivity contribution in [2.24, 2.45) is 0 Å². The number of aromatic nitrogens is 2. The van der Waals surface area contributed by atoms with Gasteiger partial charge in [-0.25, -0.2) is 4.68 Å². The zero-order valence-corrected chi connectivity index (χ0v) is 9.61. The van der Waals surface area contributed by atoms with Crippen molar-refractivity contribution in [2.45, 2.75) is 13.3 Å². The molecule has 16 heavy (non-hydrogen) atoms. The molecule has 0 radical (unpaired) electrons. The summed E-state index contributed by atoms with van der Waals surface area (Å²) in [5.74, 6) is 0.0818. The molecule has 1 aromatic heterocycles. The topological polar surface area (TPSA) is 34.9 Å². The van der Waals surface area contributed by atoms with E-state index in [0.29, 0.717) is 17.0 Å². The highest BCUT2D eigenvalue weighted by Gasteiger charge is 2.08. The van der Waals surface area contributed by atoms with E-state index in [1.165, 1.54) is 0 Å². The van der Waals surface area contributed by atoms with Crippen LogP contribution in [0.5, 0.6) is 0 Å². The zero-order valence-electron chi connectivity index (χ0n) is 8.85. The number of Topliss-reactive ketones (excluding diaryl/α,β-unsaturated/α-hetero) is 1. The van der Waals surface area contributed by atoms with Gasteiger partial charge in [0.15, 0.2) is 5.78 Å². The third-order valence-corrected chi connectivity index (χ3v) is 2.64. The molecule has 0 atom stereocenters. The molecule has 1 heterocycles. The first-order valence-corrected chi connectivity index (χ1v) is 5.43. The number of halogens is 1. The second-order valence-electron chi connectivity index (χ2n) is 3.40. The van der Waals surface area contributed by atoms with Crippen molar-refractivity contribution in [3.05, 3.63) is 47.2 Å². The minimum atomic E-state index is 0.0818. The van der Waals surface area contributed by atoms with E-state index in [1.807, 2.05) is 25.1 Å². The molecule has 4 heteroatoms. The Balaban J connectivity index is 2.39. The minimum Gasteiger partial charge on any atom is -0.294 e. The number of hydrogen-bond acceptors (Lipinski definition) is 2. The molecule has 0 spiro atoms. The van der Waals surface area contributed by atoms with Gasteiger partial charge in [-0.15, -0.1) is 0 Å². The highest BCUT2D eigenvalue weighted by Crippen LogP contribution is 2.19. The minimum absolute atomic E-state index is 0.0818. The Morgan fingerprint density at radius 2 is 2.19 bits per heavy atom. The van der Waals surface area contributed by atoms with Gasteiger partial charge in [0.1, 0.15) is 0 Å². The number of hydrogen-bond donors (Lipinski definition) is 0. The van der Waals surface area contributed by atoms with E-state index in [2.05, 4.69) is 5.10 Å². The van der Waals surface area contributed by atoms with E-state index in [-0.39, 0.29) is 5.78 Å². The largest absolute Gasteiger partial charge is 0.294 e. The SMILES string of the molecule is CCC(=O)c1cnn(-c2ccccc2Cl)c1. The third-order valence-electron chi connectivity index (χ3n) is 2.32. The van der Waals surface area contributed by atoms with Crippen molar-refractivity contribution in [1.82, 2.24) is 9.78 Å². The molecule has 0 saturated heterocycles. The van der Waals surface area contributed by atoms with Crippen molar-refractivity contribution >= 4 is 17.4 Å². The highest BCUT2D eigenvalue weighted by molar-refractivity contribution is 6.32. The van der Waals surface area contributed by atoms with E-state index in [9.17, 15) is 4.79 Å². The Kier molecular flexibility index (Phi) is 3.06. The summed E-state index contributed by atoms with van der Waals surface area (Å²) in [7, 11) is 0. The molecule has 2 rings (SSSR count). The molecular weight excluding hydrogens is 224 g/mol. The average Bonchev–Trinajstić information content (AvgIpc) is 2.78. The average molecular weight is 235 g/mol. The maximum atomic E-state index is 11.5. The maximum Gasteiger partial charge on any atom is 0.165 e. The fourth-order valence-electron chi connectivity index (χ4n) is 1.44. The van der Waals surface area contributed by atoms with Crippen LogP contribution in [0.1, 0.15) is 23.7 Å². The smallest absolute Gasteiger partial charge is 0.165 e. The quantitative estimate of drug-likeness (QED) is 0.765. The predicted molar refractivity (Wildman–Crippen MR) is 63.2 cm³/mol. The van der Waals surface area contributed by atoms with Crippen LogP contribution in [0.25, 0.3) is 5.69 Å². The monoisotopic (exact) mass is 234 g/mol. The molecule has 0 fully saturated rings. The summed E-state index contributed by atoms with van der Waals surface area (Å²) in [6.45, 7) is 1.83. The molecular formula is C12H11ClN2O. The van der Waals surface area contributed by atoms with Crippen molar-refractivity contribution in [3.8, 4) is 5.69 Å². The molecule has 0 amide bonds. The summed E-state index contributed by atoms with van der Waals surface area (Å²) in [6, 6.07) is 7.38. The molecule has 82 valence electrons. The van der Waals surface area contributed by atoms with E-state index in [1.54, 1.807) is 23.1 Å². The van der Waals surface area contributed by atoms with Gasteiger partial charge in [0.25, 0.3) is 0 Å². The summed E-state index contributed by atoms with van der Waals surface area (Å²) < 4.78 is 1.62. The van der Waals surface area contributed by atoms with Crippen molar-refractivity contribution in [2.75, 3.05) is 0 Å². The summed E-state index contributed by atoms with van der Waals surface area (Å²) >= 11 is 6.04. The lowest BCUT2D eigenvalue weighted by atomic mass is 10.2. The second-order valence-corrected chi connectivity index (χ2v) is 3.81. The number of nitrogens with zero attached hydrogens (tertiary/aromatic N) is 2. The zero-order chi connectivity index (χ0) is 11.5. The summed E-state index contributed by atoms with van der Waals surface area (Å²) in [6.07, 6.45) is 3.75. The first kappa shape index (κ1) is 10.9. The van der Waals surface area contributed by atoms with Gasteiger partial charge < -0.3 is 0 Å². The Hall–Kier alpha value is -1.61. The molecule has 0 aliphatic rings. The van der Waals surface area contributed by atoms with E-state index >= 15 is 0 Å². The van der Waals surface area contributed by atoms with E-state index in [0.717, 1.165) is 5.69 Å². The lowest BCUT2D eigenvalue weighted by Gasteiger charge is -2.02. The molecule has 1 aromatic carbocycles. The van der Waals surface area contributed by atoms with E-state index < -0.39 is 0 Å². The first-order valence-electron chi connectivity index (χ1n) is 5.05. The van der Waals surface area contributed by atoms with Crippen LogP contribution in [-0.2, 0) is 0 Å². The van der Waals surface area contributed by atoms with Crippen molar-refractivity contribution in [3.63, 3.8) is 0 Å². The maximum absolute atomic E-state index is 11.5. The fourth-order valence-corrected chi connectivity index (χ4v) is 1.66. The van der Waals surface area contributed by atoms with Gasteiger partial charge in [0, 0.05) is 12.6 Å². The standard InChI is InChI=1S/C12H11ClN2O/c1-2-12(16)9-7-14-15(8-9)11-6-4-3-5-10(11)13/h3-8H,2H2,1H3. The fraction of sp³-hybridized carbons (Fsp3) is 0.167. The Labute approximate surface area is 98.7 Å². The Morgan fingerprint density at radius 1 is 1.44 bits per heavy atom. The van der Waals surface area contributed by atoms with Crippen LogP contribution < -0.4 is 0 Å². The predicted octanol–water partition coefficient (Wildman–Crippen LogP) is 3.12. The Bertz CT molecular complexity index is 519. The van der Waals surface area contributed by atoms with Crippen LogP contribution in [-0.4, -0.2) is 15.6 Å². The van der Waals surface area contributed by atoms with Crippen LogP contribution in [0.15, 0.2) is 36.7 Å². The summed E-state index contributed by atoms with van der Waals surface area (Å²) in [5.41, 5.74) is 1.39. The highest BCUT2D eigenvalue weighted by atomic mass is 35.5. The van der Waals surface area contributed by atoms with Crippen LogP contribution >= 0.6 is 11.6 Å². The molecule has 0 saturated carbocycles. The Morgan fingerprint density at radius 3 is 2.88 bits per heavy atom. The van der Waals surface area contributed by atoms with Gasteiger partial charge in [-0.05, 0) is 12.1 Å². The molecule has 0 bridgehead atoms. The molecule has 3 nitrogen and oxygen atoms in total. The molecule has 0 aliphatic heterocycles. The number of benzene rings is 1. The molecule has 0 aliphatic carbocycles. The molecule has 0 N–H and O–H groups in total. The summed E-state index contributed by atoms with van der Waals surface area (Å²) in [4.78, 5) is 11.5. The number of ketones is 1. The number of carbonyl (C=O) groups is 1. The van der Waals surface area contributed by atoms with Gasteiger partial charge in [-0.3, -0.25) is 4.79 Å². The lowest BCUT2D eigenvalue weighted by molar-refractivity contribution is 0.0988. The lowest BCUT2D eigenvalue weighted by Crippen LogP contribution is -1.96. The van der Waals surface area contributed by atoms with Gasteiger partial charge in [-0.2, -0.15) is 5.10 Å². The van der Waals surface area contributed by atoms with Gasteiger partial charge in [0.05, 0.1) is 22.5 Å². The van der Waals surface area contributed by atoms with Crippen LogP contribution in [0.2, 0.25) is 5.02 Å². The van der Waals surface area contributed by atoms with Gasteiger partial charge >= 0.3 is 0 Å². The van der Waals surface area contributed by atoms with Crippen molar-refractivity contribution in [1.29, 1.82) is 0 Å². The van der Waals surface area contributed by atoms with Crippen molar-refractivity contribution < 1.29 is 4.79 Å². The number of rotatable bonds is 3. The number of para-hydroxylation sites is 1. The molecule has 2 aromatic rings. The van der Waals surface area contributed by atoms with Gasteiger partial charge in [-0.1, -0.05) is 30.7 Å².